The Morgan fingerprint density at radius 1 is 1.27 bits per heavy atom. The molecule has 0 spiro atoms. The predicted molar refractivity (Wildman–Crippen MR) is 62.3 cm³/mol. The Balaban J connectivity index is 3.05. The average molecular weight is 209 g/mol. The first-order valence-electron chi connectivity index (χ1n) is 5.41. The lowest BCUT2D eigenvalue weighted by Crippen LogP contribution is -2.22. The standard InChI is InChI=1S/C13H20FN/c1-13(2,3)11(8-9-15)10-6-4-5-7-12(10)14/h4-7,11H,8-9,15H2,1-3H3. The molecule has 0 aliphatic heterocycles. The molecule has 0 bridgehead atoms. The summed E-state index contributed by atoms with van der Waals surface area (Å²) in [6.45, 7) is 6.97. The molecule has 1 aromatic rings. The summed E-state index contributed by atoms with van der Waals surface area (Å²) in [5.74, 6) is 0.0644. The molecule has 0 saturated carbocycles. The van der Waals surface area contributed by atoms with E-state index in [1.54, 1.807) is 6.07 Å². The fraction of sp³-hybridized carbons (Fsp3) is 0.538. The zero-order valence-corrected chi connectivity index (χ0v) is 9.76. The zero-order valence-electron chi connectivity index (χ0n) is 9.76. The van der Waals surface area contributed by atoms with Crippen LogP contribution in [0.1, 0.15) is 38.7 Å². The Morgan fingerprint density at radius 2 is 1.87 bits per heavy atom. The minimum Gasteiger partial charge on any atom is -0.330 e. The highest BCUT2D eigenvalue weighted by atomic mass is 19.1. The van der Waals surface area contributed by atoms with Crippen LogP contribution in [0.3, 0.4) is 0 Å². The summed E-state index contributed by atoms with van der Waals surface area (Å²) in [6.07, 6.45) is 0.824. The maximum absolute atomic E-state index is 13.7. The largest absolute Gasteiger partial charge is 0.330 e. The molecule has 0 aromatic heterocycles. The molecule has 2 N–H and O–H groups in total. The lowest BCUT2D eigenvalue weighted by atomic mass is 9.74. The lowest BCUT2D eigenvalue weighted by molar-refractivity contribution is 0.300. The van der Waals surface area contributed by atoms with Gasteiger partial charge in [-0.15, -0.1) is 0 Å². The number of rotatable bonds is 3. The van der Waals surface area contributed by atoms with E-state index in [0.29, 0.717) is 6.54 Å². The number of benzene rings is 1. The first-order chi connectivity index (χ1) is 6.96. The second kappa shape index (κ2) is 4.75. The molecule has 2 heteroatoms. The van der Waals surface area contributed by atoms with Crippen LogP contribution in [0.15, 0.2) is 24.3 Å². The van der Waals surface area contributed by atoms with Crippen molar-refractivity contribution in [2.45, 2.75) is 33.1 Å². The van der Waals surface area contributed by atoms with E-state index in [9.17, 15) is 4.39 Å². The molecular formula is C13H20FN. The van der Waals surface area contributed by atoms with Crippen molar-refractivity contribution in [3.05, 3.63) is 35.6 Å². The number of halogens is 1. The first kappa shape index (κ1) is 12.2. The molecule has 0 fully saturated rings. The normalized spacial score (nSPS) is 13.9. The molecule has 1 nitrogen and oxygen atoms in total. The molecule has 1 aromatic carbocycles. The molecule has 84 valence electrons. The van der Waals surface area contributed by atoms with Crippen LogP contribution < -0.4 is 5.73 Å². The number of nitrogens with two attached hydrogens (primary N) is 1. The van der Waals surface area contributed by atoms with Gasteiger partial charge in [-0.25, -0.2) is 4.39 Å². The van der Waals surface area contributed by atoms with Gasteiger partial charge in [0.15, 0.2) is 0 Å². The van der Waals surface area contributed by atoms with Gasteiger partial charge in [-0.05, 0) is 35.9 Å². The molecular weight excluding hydrogens is 189 g/mol. The highest BCUT2D eigenvalue weighted by molar-refractivity contribution is 5.23. The summed E-state index contributed by atoms with van der Waals surface area (Å²) in [7, 11) is 0. The summed E-state index contributed by atoms with van der Waals surface area (Å²) >= 11 is 0. The van der Waals surface area contributed by atoms with Crippen molar-refractivity contribution in [1.82, 2.24) is 0 Å². The third-order valence-corrected chi connectivity index (χ3v) is 2.78. The minimum atomic E-state index is -0.120. The van der Waals surface area contributed by atoms with Gasteiger partial charge in [0.1, 0.15) is 5.82 Å². The third kappa shape index (κ3) is 3.03. The van der Waals surface area contributed by atoms with Crippen LogP contribution in [-0.2, 0) is 0 Å². The van der Waals surface area contributed by atoms with Gasteiger partial charge in [-0.2, -0.15) is 0 Å². The van der Waals surface area contributed by atoms with Crippen molar-refractivity contribution < 1.29 is 4.39 Å². The molecule has 0 aliphatic rings. The summed E-state index contributed by atoms with van der Waals surface area (Å²) in [5.41, 5.74) is 6.42. The highest BCUT2D eigenvalue weighted by Gasteiger charge is 2.27. The Morgan fingerprint density at radius 3 is 2.33 bits per heavy atom. The van der Waals surface area contributed by atoms with Crippen molar-refractivity contribution >= 4 is 0 Å². The monoisotopic (exact) mass is 209 g/mol. The van der Waals surface area contributed by atoms with E-state index in [2.05, 4.69) is 20.8 Å². The second-order valence-electron chi connectivity index (χ2n) is 5.02. The Kier molecular flexibility index (Phi) is 3.86. The van der Waals surface area contributed by atoms with Gasteiger partial charge in [0, 0.05) is 0 Å². The molecule has 0 amide bonds. The predicted octanol–water partition coefficient (Wildman–Crippen LogP) is 3.30. The van der Waals surface area contributed by atoms with E-state index >= 15 is 0 Å². The Bertz CT molecular complexity index is 315. The zero-order chi connectivity index (χ0) is 11.5. The second-order valence-corrected chi connectivity index (χ2v) is 5.02. The summed E-state index contributed by atoms with van der Waals surface area (Å²) in [4.78, 5) is 0. The topological polar surface area (TPSA) is 26.0 Å². The molecule has 15 heavy (non-hydrogen) atoms. The van der Waals surface area contributed by atoms with Crippen LogP contribution >= 0.6 is 0 Å². The van der Waals surface area contributed by atoms with Gasteiger partial charge >= 0.3 is 0 Å². The van der Waals surface area contributed by atoms with Gasteiger partial charge < -0.3 is 5.73 Å². The average Bonchev–Trinajstić information content (AvgIpc) is 2.14. The quantitative estimate of drug-likeness (QED) is 0.812. The minimum absolute atomic E-state index is 0.0432. The lowest BCUT2D eigenvalue weighted by Gasteiger charge is -2.31. The summed E-state index contributed by atoms with van der Waals surface area (Å²) in [6, 6.07) is 6.99. The SMILES string of the molecule is CC(C)(C)C(CCN)c1ccccc1F. The van der Waals surface area contributed by atoms with E-state index < -0.39 is 0 Å². The van der Waals surface area contributed by atoms with Crippen LogP contribution in [0.4, 0.5) is 4.39 Å². The van der Waals surface area contributed by atoms with E-state index in [1.165, 1.54) is 6.07 Å². The van der Waals surface area contributed by atoms with Crippen LogP contribution in [0.2, 0.25) is 0 Å². The molecule has 0 radical (unpaired) electrons. The highest BCUT2D eigenvalue weighted by Crippen LogP contribution is 2.38. The van der Waals surface area contributed by atoms with Crippen LogP contribution in [-0.4, -0.2) is 6.54 Å². The molecule has 1 rings (SSSR count). The summed E-state index contributed by atoms with van der Waals surface area (Å²) < 4.78 is 13.7. The van der Waals surface area contributed by atoms with Crippen LogP contribution in [0.25, 0.3) is 0 Å². The molecule has 1 unspecified atom stereocenters. The van der Waals surface area contributed by atoms with Crippen molar-refractivity contribution in [2.75, 3.05) is 6.54 Å². The van der Waals surface area contributed by atoms with Gasteiger partial charge in [-0.1, -0.05) is 39.0 Å². The summed E-state index contributed by atoms with van der Waals surface area (Å²) in [5, 5.41) is 0. The van der Waals surface area contributed by atoms with E-state index in [0.717, 1.165) is 12.0 Å². The van der Waals surface area contributed by atoms with Crippen molar-refractivity contribution in [2.24, 2.45) is 11.1 Å². The molecule has 0 heterocycles. The Hall–Kier alpha value is -0.890. The smallest absolute Gasteiger partial charge is 0.126 e. The van der Waals surface area contributed by atoms with E-state index in [1.807, 2.05) is 12.1 Å². The van der Waals surface area contributed by atoms with Gasteiger partial charge in [0.25, 0.3) is 0 Å². The van der Waals surface area contributed by atoms with E-state index in [4.69, 9.17) is 5.73 Å². The first-order valence-corrected chi connectivity index (χ1v) is 5.41. The van der Waals surface area contributed by atoms with Gasteiger partial charge in [0.05, 0.1) is 0 Å². The van der Waals surface area contributed by atoms with Crippen molar-refractivity contribution in [1.29, 1.82) is 0 Å². The van der Waals surface area contributed by atoms with E-state index in [-0.39, 0.29) is 17.2 Å². The van der Waals surface area contributed by atoms with Crippen molar-refractivity contribution in [3.8, 4) is 0 Å². The number of hydrogen-bond acceptors (Lipinski definition) is 1. The fourth-order valence-corrected chi connectivity index (χ4v) is 1.98. The van der Waals surface area contributed by atoms with Crippen LogP contribution in [0, 0.1) is 11.2 Å². The Labute approximate surface area is 91.5 Å². The molecule has 0 saturated heterocycles. The fourth-order valence-electron chi connectivity index (χ4n) is 1.98. The molecule has 0 aliphatic carbocycles. The maximum atomic E-state index is 13.7. The van der Waals surface area contributed by atoms with Gasteiger partial charge in [-0.3, -0.25) is 0 Å². The van der Waals surface area contributed by atoms with Gasteiger partial charge in [0.2, 0.25) is 0 Å². The van der Waals surface area contributed by atoms with Crippen molar-refractivity contribution in [3.63, 3.8) is 0 Å². The van der Waals surface area contributed by atoms with Crippen LogP contribution in [0.5, 0.6) is 0 Å². The molecule has 1 atom stereocenters. The number of hydrogen-bond donors (Lipinski definition) is 1. The third-order valence-electron chi connectivity index (χ3n) is 2.78. The maximum Gasteiger partial charge on any atom is 0.126 e.